The van der Waals surface area contributed by atoms with E-state index in [1.54, 1.807) is 22.8 Å². The van der Waals surface area contributed by atoms with Crippen LogP contribution in [0.2, 0.25) is 0 Å². The summed E-state index contributed by atoms with van der Waals surface area (Å²) in [5, 5.41) is 21.8. The van der Waals surface area contributed by atoms with Gasteiger partial charge in [0.1, 0.15) is 11.7 Å². The summed E-state index contributed by atoms with van der Waals surface area (Å²) in [7, 11) is 0. The first-order valence-electron chi connectivity index (χ1n) is 10.5. The number of hydrogen-bond donors (Lipinski definition) is 1. The van der Waals surface area contributed by atoms with Crippen LogP contribution in [0.15, 0.2) is 66.7 Å². The Morgan fingerprint density at radius 3 is 2.14 bits per heavy atom. The summed E-state index contributed by atoms with van der Waals surface area (Å²) in [5.41, 5.74) is 3.43. The maximum absolute atomic E-state index is 12.6. The van der Waals surface area contributed by atoms with Gasteiger partial charge in [0.05, 0.1) is 17.9 Å². The minimum Gasteiger partial charge on any atom is -0.541 e. The second-order valence-electron chi connectivity index (χ2n) is 7.97. The second-order valence-corrected chi connectivity index (χ2v) is 7.97. The fraction of sp³-hybridized carbons (Fsp3) is 0.154. The molecule has 0 spiro atoms. The third kappa shape index (κ3) is 6.08. The second kappa shape index (κ2) is 11.3. The first-order valence-corrected chi connectivity index (χ1v) is 10.5. The number of hydrogen-bond acceptors (Lipinski definition) is 5. The van der Waals surface area contributed by atoms with Crippen LogP contribution in [0.5, 0.6) is 5.75 Å². The molecule has 0 aliphatic heterocycles. The Balaban J connectivity index is 0.00000361. The molecule has 0 bridgehead atoms. The number of aliphatic hydroxyl groups is 1. The molecule has 0 saturated carbocycles. The minimum atomic E-state index is -4.82. The third-order valence-corrected chi connectivity index (χ3v) is 5.62. The molecule has 36 heavy (non-hydrogen) atoms. The Bertz CT molecular complexity index is 1410. The molecule has 10 heteroatoms. The van der Waals surface area contributed by atoms with Gasteiger partial charge in [-0.05, 0) is 47.9 Å². The Morgan fingerprint density at radius 2 is 1.58 bits per heavy atom. The number of carbonyl (C=O) groups is 2. The maximum Gasteiger partial charge on any atom is 1.00 e. The molecule has 0 aliphatic carbocycles. The molecular formula is C26H19F3KNO5. The Kier molecular flexibility index (Phi) is 8.81. The molecule has 3 aromatic carbocycles. The molecule has 0 amide bonds. The molecule has 1 aromatic heterocycles. The van der Waals surface area contributed by atoms with Gasteiger partial charge in [0.15, 0.2) is 0 Å². The normalized spacial score (nSPS) is 11.2. The summed E-state index contributed by atoms with van der Waals surface area (Å²) in [4.78, 5) is 24.0. The number of aromatic nitrogens is 1. The number of ketones is 1. The number of aliphatic hydroxyl groups excluding tert-OH is 1. The Labute approximate surface area is 246 Å². The number of carboxylic acids is 1. The van der Waals surface area contributed by atoms with E-state index in [0.29, 0.717) is 16.6 Å². The number of halogens is 3. The quantitative estimate of drug-likeness (QED) is 0.223. The van der Waals surface area contributed by atoms with Crippen molar-refractivity contribution in [3.8, 4) is 16.9 Å². The van der Waals surface area contributed by atoms with Crippen LogP contribution < -0.4 is 61.2 Å². The predicted octanol–water partition coefficient (Wildman–Crippen LogP) is 0.993. The van der Waals surface area contributed by atoms with Crippen molar-refractivity contribution in [3.63, 3.8) is 0 Å². The van der Waals surface area contributed by atoms with Crippen molar-refractivity contribution in [2.45, 2.75) is 26.4 Å². The van der Waals surface area contributed by atoms with Crippen LogP contribution >= 0.6 is 0 Å². The number of ether oxygens (including phenoxy) is 1. The zero-order valence-corrected chi connectivity index (χ0v) is 22.5. The monoisotopic (exact) mass is 521 g/mol. The van der Waals surface area contributed by atoms with Crippen LogP contribution in [-0.2, 0) is 17.9 Å². The number of fused-ring (bicyclic) bond motifs is 1. The van der Waals surface area contributed by atoms with E-state index in [9.17, 15) is 33.0 Å². The van der Waals surface area contributed by atoms with E-state index in [1.807, 2.05) is 31.2 Å². The van der Waals surface area contributed by atoms with Gasteiger partial charge in [0.25, 0.3) is 0 Å². The van der Waals surface area contributed by atoms with Crippen LogP contribution in [0.4, 0.5) is 13.2 Å². The van der Waals surface area contributed by atoms with E-state index in [2.05, 4.69) is 4.74 Å². The summed E-state index contributed by atoms with van der Waals surface area (Å²) in [5.74, 6) is -3.57. The van der Waals surface area contributed by atoms with Crippen LogP contribution in [0.1, 0.15) is 27.2 Å². The Hall–Kier alpha value is -2.47. The molecule has 6 nitrogen and oxygen atoms in total. The predicted molar refractivity (Wildman–Crippen MR) is 120 cm³/mol. The number of aliphatic carboxylic acids is 1. The molecule has 0 unspecified atom stereocenters. The van der Waals surface area contributed by atoms with E-state index in [4.69, 9.17) is 0 Å². The zero-order valence-electron chi connectivity index (χ0n) is 19.4. The van der Waals surface area contributed by atoms with E-state index >= 15 is 0 Å². The van der Waals surface area contributed by atoms with E-state index in [0.717, 1.165) is 23.3 Å². The molecule has 0 aliphatic rings. The molecule has 1 heterocycles. The van der Waals surface area contributed by atoms with Gasteiger partial charge in [-0.3, -0.25) is 4.79 Å². The van der Waals surface area contributed by atoms with Crippen molar-refractivity contribution in [2.24, 2.45) is 0 Å². The third-order valence-electron chi connectivity index (χ3n) is 5.62. The topological polar surface area (TPSA) is 91.6 Å². The molecule has 4 rings (SSSR count). The number of carbonyl (C=O) groups excluding carboxylic acids is 2. The molecular weight excluding hydrogens is 502 g/mol. The number of rotatable bonds is 7. The van der Waals surface area contributed by atoms with Crippen LogP contribution in [0.25, 0.3) is 22.0 Å². The van der Waals surface area contributed by atoms with Gasteiger partial charge in [-0.1, -0.05) is 48.0 Å². The van der Waals surface area contributed by atoms with Gasteiger partial charge in [0.2, 0.25) is 5.78 Å². The van der Waals surface area contributed by atoms with Crippen molar-refractivity contribution < 1.29 is 89.1 Å². The maximum atomic E-state index is 12.6. The number of nitrogens with zero attached hydrogens (tertiary/aromatic N) is 1. The molecule has 4 aromatic rings. The number of carboxylic acid groups (broad SMARTS) is 1. The Morgan fingerprint density at radius 1 is 0.972 bits per heavy atom. The van der Waals surface area contributed by atoms with Gasteiger partial charge in [-0.25, -0.2) is 0 Å². The SMILES string of the molecule is Cc1ccc(Cn2c(CO)c(C(=O)C(=O)[O-])c3cc(-c4ccc(OC(F)(F)F)cc4)ccc32)cc1.[K+]. The van der Waals surface area contributed by atoms with Gasteiger partial charge < -0.3 is 24.3 Å². The smallest absolute Gasteiger partial charge is 0.541 e. The summed E-state index contributed by atoms with van der Waals surface area (Å²) < 4.78 is 42.9. The number of alkyl halides is 3. The minimum absolute atomic E-state index is 0. The van der Waals surface area contributed by atoms with Crippen molar-refractivity contribution in [1.29, 1.82) is 0 Å². The number of Topliss-reactive ketones (excluding diaryl/α,β-unsaturated/α-hetero) is 1. The van der Waals surface area contributed by atoms with Gasteiger partial charge in [-0.15, -0.1) is 13.2 Å². The largest absolute Gasteiger partial charge is 1.00 e. The zero-order chi connectivity index (χ0) is 25.3. The van der Waals surface area contributed by atoms with E-state index < -0.39 is 24.7 Å². The first kappa shape index (κ1) is 28.1. The van der Waals surface area contributed by atoms with Crippen molar-refractivity contribution in [2.75, 3.05) is 0 Å². The van der Waals surface area contributed by atoms with Gasteiger partial charge in [-0.2, -0.15) is 0 Å². The molecule has 180 valence electrons. The summed E-state index contributed by atoms with van der Waals surface area (Å²) in [6.07, 6.45) is -4.82. The van der Waals surface area contributed by atoms with E-state index in [-0.39, 0.29) is 80.3 Å². The van der Waals surface area contributed by atoms with Crippen molar-refractivity contribution in [1.82, 2.24) is 4.57 Å². The average molecular weight is 522 g/mol. The van der Waals surface area contributed by atoms with Gasteiger partial charge in [0, 0.05) is 17.4 Å². The van der Waals surface area contributed by atoms with Crippen LogP contribution in [-0.4, -0.2) is 27.8 Å². The number of aryl methyl sites for hydroxylation is 1. The molecule has 0 atom stereocenters. The fourth-order valence-electron chi connectivity index (χ4n) is 4.01. The number of benzene rings is 3. The summed E-state index contributed by atoms with van der Waals surface area (Å²) >= 11 is 0. The average Bonchev–Trinajstić information content (AvgIpc) is 3.11. The first-order chi connectivity index (χ1) is 16.6. The fourth-order valence-corrected chi connectivity index (χ4v) is 4.01. The molecule has 0 fully saturated rings. The van der Waals surface area contributed by atoms with Gasteiger partial charge >= 0.3 is 57.7 Å². The van der Waals surface area contributed by atoms with Crippen molar-refractivity contribution in [3.05, 3.63) is 89.1 Å². The molecule has 0 radical (unpaired) electrons. The summed E-state index contributed by atoms with van der Waals surface area (Å²) in [6, 6.07) is 17.7. The van der Waals surface area contributed by atoms with Crippen LogP contribution in [0, 0.1) is 6.92 Å². The van der Waals surface area contributed by atoms with Crippen molar-refractivity contribution >= 4 is 22.7 Å². The standard InChI is InChI=1S/C26H20F3NO5.K/c1-15-2-4-16(5-3-15)13-30-21-11-8-18(17-6-9-19(10-7-17)35-26(27,28)29)12-20(21)23(22(30)14-31)24(32)25(33)34;/h2-12,31H,13-14H2,1H3,(H,33,34);/q;+1/p-1. The molecule has 0 saturated heterocycles. The van der Waals surface area contributed by atoms with Crippen LogP contribution in [0.3, 0.4) is 0 Å². The van der Waals surface area contributed by atoms with E-state index in [1.165, 1.54) is 12.1 Å². The summed E-state index contributed by atoms with van der Waals surface area (Å²) in [6.45, 7) is 1.62. The molecule has 1 N–H and O–H groups in total.